The number of ether oxygens (including phenoxy) is 3. The van der Waals surface area contributed by atoms with Crippen LogP contribution < -0.4 is 90.6 Å². The fourth-order valence-electron chi connectivity index (χ4n) is 15.8. The summed E-state index contributed by atoms with van der Waals surface area (Å²) in [5.74, 6) is -15.8. The third kappa shape index (κ3) is 34.5. The van der Waals surface area contributed by atoms with Crippen LogP contribution in [-0.2, 0) is 126 Å². The molecule has 0 saturated heterocycles. The predicted octanol–water partition coefficient (Wildman–Crippen LogP) is -0.349. The largest absolute Gasteiger partial charge is 0.480 e. The van der Waals surface area contributed by atoms with Crippen molar-refractivity contribution in [3.8, 4) is 11.4 Å². The highest BCUT2D eigenvalue weighted by atomic mass is 19.1. The number of aliphatic hydroxyl groups is 1. The van der Waals surface area contributed by atoms with E-state index in [2.05, 4.69) is 140 Å². The van der Waals surface area contributed by atoms with E-state index in [9.17, 15) is 96.2 Å². The summed E-state index contributed by atoms with van der Waals surface area (Å²) in [5, 5.41) is 60.3. The number of carbonyl (C=O) groups excluding carboxylic acids is 17. The van der Waals surface area contributed by atoms with Gasteiger partial charge in [0.05, 0.1) is 120 Å². The number of aromatic nitrogens is 2. The van der Waals surface area contributed by atoms with E-state index in [-0.39, 0.29) is 108 Å². The zero-order valence-electron chi connectivity index (χ0n) is 80.2. The first-order valence-corrected chi connectivity index (χ1v) is 45.1. The SMILES string of the molecule is CCC(C)(C)COCC(C)(C)CC(C)(C)NCC(=O)CC[C@H](NC(=O)[C@H](C)NC(=O)CNC(=O)CCC(=O)NCC(=O)N[C@@H](C)C(=O)N[C@@H](CCC(=O)NC(C)(C)CC(C)(C)COCC(C)(C)CC)C(=O)NCC(=O)NCC(=O)NCC(=O)NCC(=O)N[C@H]1CCc2c(C)c(F)cc3nc4c(c1c23)Cn1c-4cc2c(c1=O)COC(=O)[C@]2(O)CC)C(=O)NCC(=O)NCC(=O)NCC(=O)O. The molecule has 1 aliphatic carbocycles. The number of esters is 1. The topological polar surface area (TPSA) is 603 Å². The summed E-state index contributed by atoms with van der Waals surface area (Å²) in [4.78, 5) is 254. The number of carboxylic acids is 1. The number of carbonyl (C=O) groups is 18. The lowest BCUT2D eigenvalue weighted by molar-refractivity contribution is -0.172. The number of Topliss-reactive ketones (excluding diaryl/α,β-unsaturated/α-hetero) is 1. The molecule has 18 N–H and O–H groups in total. The van der Waals surface area contributed by atoms with Gasteiger partial charge in [0.25, 0.3) is 5.56 Å². The maximum absolute atomic E-state index is 15.5. The number of nitrogens with zero attached hydrogens (tertiary/aromatic N) is 2. The van der Waals surface area contributed by atoms with Gasteiger partial charge in [-0.25, -0.2) is 14.2 Å². The van der Waals surface area contributed by atoms with Gasteiger partial charge >= 0.3 is 11.9 Å². The van der Waals surface area contributed by atoms with Gasteiger partial charge < -0.3 is 114 Å². The number of carboxylic acid groups (broad SMARTS) is 1. The second-order valence-electron chi connectivity index (χ2n) is 38.9. The van der Waals surface area contributed by atoms with Crippen LogP contribution in [0.15, 0.2) is 16.9 Å². The summed E-state index contributed by atoms with van der Waals surface area (Å²) >= 11 is 0. The van der Waals surface area contributed by atoms with Gasteiger partial charge in [-0.1, -0.05) is 76.2 Å². The van der Waals surface area contributed by atoms with Crippen molar-refractivity contribution in [2.45, 2.75) is 268 Å². The minimum absolute atomic E-state index is 0.00345. The first-order chi connectivity index (χ1) is 62.4. The number of cyclic esters (lactones) is 1. The maximum atomic E-state index is 15.5. The average molecular weight is 1890 g/mol. The monoisotopic (exact) mass is 1890 g/mol. The Morgan fingerprint density at radius 3 is 1.42 bits per heavy atom. The molecular weight excluding hydrogens is 1750 g/mol. The number of pyridine rings is 2. The van der Waals surface area contributed by atoms with Crippen LogP contribution in [0.25, 0.3) is 22.3 Å². The van der Waals surface area contributed by atoms with Gasteiger partial charge in [0.2, 0.25) is 88.6 Å². The van der Waals surface area contributed by atoms with Crippen molar-refractivity contribution in [3.63, 3.8) is 0 Å². The first-order valence-electron chi connectivity index (χ1n) is 45.1. The lowest BCUT2D eigenvalue weighted by Crippen LogP contribution is -2.55. The second-order valence-corrected chi connectivity index (χ2v) is 38.9. The summed E-state index contributed by atoms with van der Waals surface area (Å²) in [7, 11) is 0. The Kier molecular flexibility index (Phi) is 40.3. The van der Waals surface area contributed by atoms with E-state index in [1.165, 1.54) is 30.5 Å². The molecule has 3 aromatic rings. The molecule has 4 heterocycles. The summed E-state index contributed by atoms with van der Waals surface area (Å²) in [6.45, 7) is 29.1. The van der Waals surface area contributed by atoms with Crippen LogP contribution in [0.1, 0.15) is 234 Å². The number of halogens is 1. The van der Waals surface area contributed by atoms with Gasteiger partial charge in [-0.15, -0.1) is 0 Å². The summed E-state index contributed by atoms with van der Waals surface area (Å²) in [6, 6.07) is -3.72. The number of aryl methyl sites for hydroxylation is 1. The van der Waals surface area contributed by atoms with E-state index in [1.54, 1.807) is 13.8 Å². The zero-order valence-corrected chi connectivity index (χ0v) is 80.2. The standard InChI is InChI=1S/C91H137FN18O24/c1-19-85(7,8)46-132-48-87(11,12)44-89(15,16)102-32-53(111)22-24-60(81(127)100-36-71(119)97-35-69(117)99-41-75(123)124)107-79(125)51(5)103-72(120)38-93-64(112)28-29-65(113)94-39-73(121)104-52(6)80(126)108-61(26-27-66(114)109-90(17,18)45-88(13,14)49-133-47-86(9,10)20-2)82(128)101-37-70(118)96-33-67(115)95-34-68(116)98-40-74(122)105-59-25-23-54-50(4)58(92)31-62-76(54)77(59)55-42-110-63(78(55)106-62)30-57-56(83(110)129)43-134-84(130)91(57,131)21-3/h30-31,51-52,59-61,102,131H,19-29,32-49H2,1-18H3,(H,93,112)(H,94,113)(H,95,115)(H,96,118)(H,97,119)(H,98,116)(H,99,117)(H,100,127)(H,101,128)(H,103,120)(H,104,121)(H,105,122)(H,107,125)(H,108,126)(H,109,114)(H,123,124)/t51-,52-,59-,60-,61-,91-/m0/s1. The van der Waals surface area contributed by atoms with Crippen LogP contribution in [0.2, 0.25) is 0 Å². The Hall–Kier alpha value is -12.0. The smallest absolute Gasteiger partial charge is 0.343 e. The zero-order chi connectivity index (χ0) is 100. The van der Waals surface area contributed by atoms with Crippen LogP contribution in [0.5, 0.6) is 0 Å². The molecule has 2 aliphatic heterocycles. The molecule has 42 nitrogen and oxygen atoms in total. The van der Waals surface area contributed by atoms with Gasteiger partial charge in [-0.3, -0.25) is 86.3 Å². The highest BCUT2D eigenvalue weighted by Gasteiger charge is 2.47. The third-order valence-corrected chi connectivity index (χ3v) is 23.4. The number of ketones is 1. The predicted molar refractivity (Wildman–Crippen MR) is 486 cm³/mol. The summed E-state index contributed by atoms with van der Waals surface area (Å²) < 4.78 is 34.3. The van der Waals surface area contributed by atoms with Crippen molar-refractivity contribution in [1.82, 2.24) is 94.6 Å². The Bertz CT molecular complexity index is 4970. The van der Waals surface area contributed by atoms with Crippen LogP contribution in [0.4, 0.5) is 4.39 Å². The van der Waals surface area contributed by atoms with E-state index in [1.807, 2.05) is 41.5 Å². The number of hydrogen-bond donors (Lipinski definition) is 18. The molecule has 0 bridgehead atoms. The molecule has 0 spiro atoms. The molecule has 15 amide bonds. The lowest BCUT2D eigenvalue weighted by atomic mass is 9.80. The Morgan fingerprint density at radius 2 is 0.948 bits per heavy atom. The van der Waals surface area contributed by atoms with Gasteiger partial charge in [0.15, 0.2) is 5.60 Å². The first kappa shape index (κ1) is 111. The minimum Gasteiger partial charge on any atom is -0.480 e. The molecule has 0 unspecified atom stereocenters. The van der Waals surface area contributed by atoms with E-state index in [4.69, 9.17) is 24.3 Å². The molecule has 0 saturated carbocycles. The summed E-state index contributed by atoms with van der Waals surface area (Å²) in [5.41, 5.74) is -1.63. The quantitative estimate of drug-likeness (QED) is 0.0251. The van der Waals surface area contributed by atoms with E-state index >= 15 is 4.39 Å². The molecule has 1 aromatic carbocycles. The molecule has 43 heteroatoms. The van der Waals surface area contributed by atoms with E-state index in [0.29, 0.717) is 73.3 Å². The summed E-state index contributed by atoms with van der Waals surface area (Å²) in [6.07, 6.45) is 1.17. The Balaban J connectivity index is 0.970. The second kappa shape index (κ2) is 48.8. The maximum Gasteiger partial charge on any atom is 0.343 e. The van der Waals surface area contributed by atoms with E-state index < -0.39 is 236 Å². The van der Waals surface area contributed by atoms with Gasteiger partial charge in [-0.05, 0) is 151 Å². The van der Waals surface area contributed by atoms with Crippen LogP contribution in [-0.4, -0.2) is 253 Å². The lowest BCUT2D eigenvalue weighted by Gasteiger charge is -2.36. The van der Waals surface area contributed by atoms with Crippen LogP contribution in [0, 0.1) is 34.4 Å². The van der Waals surface area contributed by atoms with Crippen molar-refractivity contribution < 1.29 is 115 Å². The molecule has 0 fully saturated rings. The van der Waals surface area contributed by atoms with Gasteiger partial charge in [0.1, 0.15) is 48.9 Å². The molecule has 134 heavy (non-hydrogen) atoms. The number of aliphatic carboxylic acids is 1. The highest BCUT2D eigenvalue weighted by molar-refractivity contribution is 5.99. The minimum atomic E-state index is -2.11. The van der Waals surface area contributed by atoms with Crippen molar-refractivity contribution >= 4 is 117 Å². The molecule has 742 valence electrons. The van der Waals surface area contributed by atoms with Gasteiger partial charge in [-0.2, -0.15) is 0 Å². The number of nitrogens with one attached hydrogen (secondary N) is 16. The number of fused-ring (bicyclic) bond motifs is 5. The van der Waals surface area contributed by atoms with Crippen LogP contribution in [0.3, 0.4) is 0 Å². The molecular formula is C91H137FN18O24. The normalized spacial score (nSPS) is 15.5. The third-order valence-electron chi connectivity index (χ3n) is 23.4. The number of rotatable bonds is 55. The van der Waals surface area contributed by atoms with Crippen LogP contribution >= 0.6 is 0 Å². The number of benzene rings is 1. The number of amides is 15. The number of hydrogen-bond acceptors (Lipinski definition) is 25. The van der Waals surface area contributed by atoms with Crippen molar-refractivity contribution in [3.05, 3.63) is 61.7 Å². The van der Waals surface area contributed by atoms with E-state index in [0.717, 1.165) is 12.8 Å². The fraction of sp³-hybridized carbons (Fsp3) is 0.648. The van der Waals surface area contributed by atoms with Crippen molar-refractivity contribution in [1.29, 1.82) is 0 Å². The van der Waals surface area contributed by atoms with Crippen molar-refractivity contribution in [2.75, 3.05) is 91.9 Å². The Labute approximate surface area is 778 Å². The average Bonchev–Trinajstić information content (AvgIpc) is 1.53. The van der Waals surface area contributed by atoms with Gasteiger partial charge in [0, 0.05) is 59.3 Å². The fourth-order valence-corrected chi connectivity index (χ4v) is 15.8. The molecule has 6 rings (SSSR count). The van der Waals surface area contributed by atoms with Crippen molar-refractivity contribution in [2.24, 2.45) is 21.7 Å². The Morgan fingerprint density at radius 1 is 0.515 bits per heavy atom. The molecule has 3 aliphatic rings. The molecule has 6 atom stereocenters. The highest BCUT2D eigenvalue weighted by Crippen LogP contribution is 2.46. The molecule has 2 aromatic heterocycles. The molecule has 0 radical (unpaired) electrons.